The Hall–Kier alpha value is -2.02. The van der Waals surface area contributed by atoms with E-state index >= 15 is 0 Å². The van der Waals surface area contributed by atoms with Crippen LogP contribution in [0.5, 0.6) is 5.75 Å². The second-order valence-electron chi connectivity index (χ2n) is 3.97. The fourth-order valence-electron chi connectivity index (χ4n) is 1.87. The van der Waals surface area contributed by atoms with Gasteiger partial charge in [-0.15, -0.1) is 0 Å². The first-order valence-corrected chi connectivity index (χ1v) is 5.66. The Morgan fingerprint density at radius 2 is 1.65 bits per heavy atom. The van der Waals surface area contributed by atoms with Gasteiger partial charge in [0.1, 0.15) is 5.75 Å². The topological polar surface area (TPSA) is 9.23 Å². The summed E-state index contributed by atoms with van der Waals surface area (Å²) in [5, 5.41) is 0. The molecule has 0 aliphatic heterocycles. The number of hydrogen-bond acceptors (Lipinski definition) is 1. The van der Waals surface area contributed by atoms with Crippen LogP contribution < -0.4 is 4.74 Å². The molecule has 0 aliphatic carbocycles. The molecule has 0 spiro atoms. The molecule has 86 valence electrons. The molecule has 2 aromatic rings. The maximum Gasteiger partial charge on any atom is 0.126 e. The van der Waals surface area contributed by atoms with Crippen LogP contribution in [0.1, 0.15) is 11.1 Å². The highest BCUT2D eigenvalue weighted by Gasteiger charge is 2.06. The highest BCUT2D eigenvalue weighted by atomic mass is 16.5. The lowest BCUT2D eigenvalue weighted by molar-refractivity contribution is 0.413. The molecule has 1 heteroatoms. The largest absolute Gasteiger partial charge is 0.496 e. The summed E-state index contributed by atoms with van der Waals surface area (Å²) in [7, 11) is 1.69. The molecule has 0 fully saturated rings. The van der Waals surface area contributed by atoms with Crippen molar-refractivity contribution in [1.29, 1.82) is 0 Å². The van der Waals surface area contributed by atoms with E-state index in [2.05, 4.69) is 18.7 Å². The van der Waals surface area contributed by atoms with Crippen LogP contribution in [0.25, 0.3) is 5.57 Å². The zero-order chi connectivity index (χ0) is 12.1. The standard InChI is InChI=1S/C16H16O/c1-13(12-14-8-4-3-5-9-14)15-10-6-7-11-16(15)17-2/h3-11H,1,12H2,2H3. The molecule has 0 saturated carbocycles. The van der Waals surface area contributed by atoms with Crippen molar-refractivity contribution in [3.63, 3.8) is 0 Å². The van der Waals surface area contributed by atoms with E-state index in [9.17, 15) is 0 Å². The average Bonchev–Trinajstić information content (AvgIpc) is 2.40. The third-order valence-corrected chi connectivity index (χ3v) is 2.75. The third-order valence-electron chi connectivity index (χ3n) is 2.75. The summed E-state index contributed by atoms with van der Waals surface area (Å²) in [6.07, 6.45) is 0.848. The molecular formula is C16H16O. The summed E-state index contributed by atoms with van der Waals surface area (Å²) in [5.41, 5.74) is 3.43. The minimum absolute atomic E-state index is 0.848. The molecule has 0 aliphatic rings. The number of allylic oxidation sites excluding steroid dienone is 1. The molecule has 0 atom stereocenters. The number of benzene rings is 2. The van der Waals surface area contributed by atoms with Gasteiger partial charge < -0.3 is 4.74 Å². The zero-order valence-corrected chi connectivity index (χ0v) is 10.0. The molecule has 0 N–H and O–H groups in total. The van der Waals surface area contributed by atoms with E-state index in [0.717, 1.165) is 23.3 Å². The molecule has 1 nitrogen and oxygen atoms in total. The lowest BCUT2D eigenvalue weighted by Gasteiger charge is -2.10. The van der Waals surface area contributed by atoms with Crippen molar-refractivity contribution in [3.05, 3.63) is 72.3 Å². The van der Waals surface area contributed by atoms with Gasteiger partial charge in [0.25, 0.3) is 0 Å². The quantitative estimate of drug-likeness (QED) is 0.764. The van der Waals surface area contributed by atoms with Gasteiger partial charge in [-0.2, -0.15) is 0 Å². The molecule has 0 saturated heterocycles. The SMILES string of the molecule is C=C(Cc1ccccc1)c1ccccc1OC. The lowest BCUT2D eigenvalue weighted by atomic mass is 9.99. The van der Waals surface area contributed by atoms with E-state index in [1.165, 1.54) is 5.56 Å². The number of hydrogen-bond donors (Lipinski definition) is 0. The fourth-order valence-corrected chi connectivity index (χ4v) is 1.87. The summed E-state index contributed by atoms with van der Waals surface area (Å²) in [6.45, 7) is 4.15. The Balaban J connectivity index is 2.20. The van der Waals surface area contributed by atoms with Gasteiger partial charge in [-0.1, -0.05) is 55.1 Å². The van der Waals surface area contributed by atoms with Crippen LogP contribution in [0.4, 0.5) is 0 Å². The number of rotatable bonds is 4. The first-order valence-electron chi connectivity index (χ1n) is 5.66. The summed E-state index contributed by atoms with van der Waals surface area (Å²) < 4.78 is 5.34. The Labute approximate surface area is 102 Å². The predicted octanol–water partition coefficient (Wildman–Crippen LogP) is 3.95. The second kappa shape index (κ2) is 5.35. The first kappa shape index (κ1) is 11.5. The third kappa shape index (κ3) is 2.76. The number of methoxy groups -OCH3 is 1. The van der Waals surface area contributed by atoms with E-state index in [1.807, 2.05) is 42.5 Å². The molecule has 0 radical (unpaired) electrons. The van der Waals surface area contributed by atoms with Gasteiger partial charge in [-0.25, -0.2) is 0 Å². The lowest BCUT2D eigenvalue weighted by Crippen LogP contribution is -1.93. The first-order chi connectivity index (χ1) is 8.31. The van der Waals surface area contributed by atoms with Gasteiger partial charge in [0.2, 0.25) is 0 Å². The fraction of sp³-hybridized carbons (Fsp3) is 0.125. The maximum atomic E-state index is 5.34. The van der Waals surface area contributed by atoms with Crippen molar-refractivity contribution < 1.29 is 4.74 Å². The van der Waals surface area contributed by atoms with Crippen LogP contribution in [-0.2, 0) is 6.42 Å². The molecule has 0 amide bonds. The minimum Gasteiger partial charge on any atom is -0.496 e. The summed E-state index contributed by atoms with van der Waals surface area (Å²) in [5.74, 6) is 0.883. The predicted molar refractivity (Wildman–Crippen MR) is 72.2 cm³/mol. The summed E-state index contributed by atoms with van der Waals surface area (Å²) >= 11 is 0. The summed E-state index contributed by atoms with van der Waals surface area (Å²) in [6, 6.07) is 18.3. The minimum atomic E-state index is 0.848. The Morgan fingerprint density at radius 1 is 1.00 bits per heavy atom. The van der Waals surface area contributed by atoms with Crippen LogP contribution in [-0.4, -0.2) is 7.11 Å². The Bertz CT molecular complexity index is 500. The molecule has 2 aromatic carbocycles. The highest BCUT2D eigenvalue weighted by molar-refractivity contribution is 5.70. The van der Waals surface area contributed by atoms with Crippen LogP contribution in [0.3, 0.4) is 0 Å². The normalized spacial score (nSPS) is 9.94. The number of para-hydroxylation sites is 1. The van der Waals surface area contributed by atoms with Crippen molar-refractivity contribution in [1.82, 2.24) is 0 Å². The van der Waals surface area contributed by atoms with Crippen molar-refractivity contribution in [2.24, 2.45) is 0 Å². The molecule has 0 unspecified atom stereocenters. The maximum absolute atomic E-state index is 5.34. The van der Waals surface area contributed by atoms with Gasteiger partial charge in [0, 0.05) is 5.56 Å². The van der Waals surface area contributed by atoms with Gasteiger partial charge in [-0.3, -0.25) is 0 Å². The van der Waals surface area contributed by atoms with Crippen LogP contribution in [0.2, 0.25) is 0 Å². The number of ether oxygens (including phenoxy) is 1. The van der Waals surface area contributed by atoms with Gasteiger partial charge in [0.15, 0.2) is 0 Å². The molecule has 0 heterocycles. The Kier molecular flexibility index (Phi) is 3.61. The van der Waals surface area contributed by atoms with Crippen molar-refractivity contribution in [3.8, 4) is 5.75 Å². The molecule has 2 rings (SSSR count). The Morgan fingerprint density at radius 3 is 2.35 bits per heavy atom. The average molecular weight is 224 g/mol. The molecule has 0 aromatic heterocycles. The van der Waals surface area contributed by atoms with Crippen LogP contribution >= 0.6 is 0 Å². The van der Waals surface area contributed by atoms with Crippen molar-refractivity contribution in [2.45, 2.75) is 6.42 Å². The van der Waals surface area contributed by atoms with Crippen LogP contribution in [0, 0.1) is 0 Å². The van der Waals surface area contributed by atoms with E-state index in [0.29, 0.717) is 0 Å². The zero-order valence-electron chi connectivity index (χ0n) is 10.0. The second-order valence-corrected chi connectivity index (χ2v) is 3.97. The van der Waals surface area contributed by atoms with Crippen LogP contribution in [0.15, 0.2) is 61.2 Å². The molecule has 0 bridgehead atoms. The highest BCUT2D eigenvalue weighted by Crippen LogP contribution is 2.26. The molecular weight excluding hydrogens is 208 g/mol. The van der Waals surface area contributed by atoms with Gasteiger partial charge in [-0.05, 0) is 23.6 Å². The van der Waals surface area contributed by atoms with Gasteiger partial charge in [0.05, 0.1) is 7.11 Å². The smallest absolute Gasteiger partial charge is 0.126 e. The van der Waals surface area contributed by atoms with E-state index in [1.54, 1.807) is 7.11 Å². The monoisotopic (exact) mass is 224 g/mol. The van der Waals surface area contributed by atoms with E-state index in [-0.39, 0.29) is 0 Å². The summed E-state index contributed by atoms with van der Waals surface area (Å²) in [4.78, 5) is 0. The van der Waals surface area contributed by atoms with Crippen molar-refractivity contribution in [2.75, 3.05) is 7.11 Å². The van der Waals surface area contributed by atoms with Gasteiger partial charge >= 0.3 is 0 Å². The molecule has 17 heavy (non-hydrogen) atoms. The van der Waals surface area contributed by atoms with Crippen molar-refractivity contribution >= 4 is 5.57 Å². The van der Waals surface area contributed by atoms with E-state index < -0.39 is 0 Å². The van der Waals surface area contributed by atoms with E-state index in [4.69, 9.17) is 4.74 Å².